The highest BCUT2D eigenvalue weighted by Crippen LogP contribution is 2.25. The molecule has 0 radical (unpaired) electrons. The number of carbonyl (C=O) groups excluding carboxylic acids is 3. The fourth-order valence-electron chi connectivity index (χ4n) is 4.18. The van der Waals surface area contributed by atoms with E-state index >= 15 is 0 Å². The van der Waals surface area contributed by atoms with Gasteiger partial charge in [-0.2, -0.15) is 0 Å². The predicted octanol–water partition coefficient (Wildman–Crippen LogP) is 6.00. The van der Waals surface area contributed by atoms with E-state index in [0.29, 0.717) is 19.5 Å². The van der Waals surface area contributed by atoms with E-state index in [9.17, 15) is 14.4 Å². The van der Waals surface area contributed by atoms with Crippen LogP contribution in [0.2, 0.25) is 0 Å². The van der Waals surface area contributed by atoms with Crippen LogP contribution >= 0.6 is 0 Å². The Bertz CT molecular complexity index is 1000. The molecule has 2 N–H and O–H groups in total. The third-order valence-corrected chi connectivity index (χ3v) is 6.42. The number of hydrogen-bond donors (Lipinski definition) is 2. The van der Waals surface area contributed by atoms with Crippen molar-refractivity contribution in [3.63, 3.8) is 0 Å². The summed E-state index contributed by atoms with van der Waals surface area (Å²) in [6.07, 6.45) is 2.67. The second-order valence-electron chi connectivity index (χ2n) is 10.8. The molecular formula is C31H45N3O4. The summed E-state index contributed by atoms with van der Waals surface area (Å²) in [5.74, 6) is -0.706. The van der Waals surface area contributed by atoms with Gasteiger partial charge < -0.3 is 20.3 Å². The first-order valence-electron chi connectivity index (χ1n) is 13.7. The molecule has 2 aromatic carbocycles. The number of amides is 3. The Morgan fingerprint density at radius 2 is 1.53 bits per heavy atom. The lowest BCUT2D eigenvalue weighted by Crippen LogP contribution is -2.55. The number of nitrogens with one attached hydrogen (secondary N) is 2. The van der Waals surface area contributed by atoms with Crippen molar-refractivity contribution in [2.24, 2.45) is 5.92 Å². The van der Waals surface area contributed by atoms with Gasteiger partial charge in [-0.25, -0.2) is 4.79 Å². The number of hydrogen-bond acceptors (Lipinski definition) is 4. The summed E-state index contributed by atoms with van der Waals surface area (Å²) in [5, 5.41) is 5.85. The first-order chi connectivity index (χ1) is 18.1. The Morgan fingerprint density at radius 1 is 0.921 bits per heavy atom. The Hall–Kier alpha value is -3.35. The van der Waals surface area contributed by atoms with Gasteiger partial charge in [0.15, 0.2) is 0 Å². The third kappa shape index (κ3) is 9.84. The predicted molar refractivity (Wildman–Crippen MR) is 151 cm³/mol. The van der Waals surface area contributed by atoms with E-state index in [2.05, 4.69) is 17.6 Å². The topological polar surface area (TPSA) is 87.7 Å². The summed E-state index contributed by atoms with van der Waals surface area (Å²) in [6, 6.07) is 17.4. The molecule has 2 rings (SSSR count). The molecule has 0 saturated heterocycles. The molecule has 0 bridgehead atoms. The third-order valence-electron chi connectivity index (χ3n) is 6.42. The van der Waals surface area contributed by atoms with E-state index in [0.717, 1.165) is 30.4 Å². The molecule has 38 heavy (non-hydrogen) atoms. The highest BCUT2D eigenvalue weighted by molar-refractivity contribution is 5.92. The van der Waals surface area contributed by atoms with Crippen LogP contribution < -0.4 is 10.6 Å². The van der Waals surface area contributed by atoms with Gasteiger partial charge in [-0.1, -0.05) is 101 Å². The Balaban J connectivity index is 2.43. The van der Waals surface area contributed by atoms with Crippen LogP contribution in [0, 0.1) is 5.92 Å². The summed E-state index contributed by atoms with van der Waals surface area (Å²) < 4.78 is 5.47. The molecule has 0 spiro atoms. The van der Waals surface area contributed by atoms with E-state index in [1.807, 2.05) is 74.5 Å². The van der Waals surface area contributed by atoms with Crippen molar-refractivity contribution in [2.75, 3.05) is 6.54 Å². The maximum absolute atomic E-state index is 14.2. The van der Waals surface area contributed by atoms with Crippen molar-refractivity contribution in [3.8, 4) is 0 Å². The first-order valence-corrected chi connectivity index (χ1v) is 13.7. The van der Waals surface area contributed by atoms with Crippen LogP contribution in [0.1, 0.15) is 84.4 Å². The van der Waals surface area contributed by atoms with E-state index in [1.165, 1.54) is 0 Å². The van der Waals surface area contributed by atoms with Crippen LogP contribution in [0.3, 0.4) is 0 Å². The lowest BCUT2D eigenvalue weighted by Gasteiger charge is -2.36. The van der Waals surface area contributed by atoms with Gasteiger partial charge in [-0.05, 0) is 44.2 Å². The van der Waals surface area contributed by atoms with Crippen LogP contribution in [-0.4, -0.2) is 41.0 Å². The molecule has 7 heteroatoms. The molecule has 7 nitrogen and oxygen atoms in total. The molecule has 3 amide bonds. The van der Waals surface area contributed by atoms with Gasteiger partial charge >= 0.3 is 6.09 Å². The molecule has 3 unspecified atom stereocenters. The normalized spacial score (nSPS) is 13.6. The smallest absolute Gasteiger partial charge is 0.408 e. The van der Waals surface area contributed by atoms with Crippen molar-refractivity contribution >= 4 is 17.9 Å². The van der Waals surface area contributed by atoms with E-state index in [4.69, 9.17) is 4.74 Å². The Morgan fingerprint density at radius 3 is 2.08 bits per heavy atom. The van der Waals surface area contributed by atoms with Crippen molar-refractivity contribution in [2.45, 2.75) is 91.5 Å². The SMILES string of the molecule is CCCCCN(C(=O)C(NC(=O)OC(C)(C)C)C(C)CC)C(C(=O)NCc1ccccc1)c1ccccc1. The molecule has 0 heterocycles. The summed E-state index contributed by atoms with van der Waals surface area (Å²) in [6.45, 7) is 12.1. The van der Waals surface area contributed by atoms with Gasteiger partial charge in [0.25, 0.3) is 0 Å². The first kappa shape index (κ1) is 30.9. The quantitative estimate of drug-likeness (QED) is 0.315. The number of ether oxygens (including phenoxy) is 1. The zero-order valence-electron chi connectivity index (χ0n) is 23.8. The number of unbranched alkanes of at least 4 members (excludes halogenated alkanes) is 2. The van der Waals surface area contributed by atoms with E-state index in [-0.39, 0.29) is 17.7 Å². The fraction of sp³-hybridized carbons (Fsp3) is 0.516. The van der Waals surface area contributed by atoms with Gasteiger partial charge in [0.1, 0.15) is 17.7 Å². The van der Waals surface area contributed by atoms with Crippen LogP contribution in [0.5, 0.6) is 0 Å². The maximum atomic E-state index is 14.2. The fourth-order valence-corrected chi connectivity index (χ4v) is 4.18. The van der Waals surface area contributed by atoms with Crippen LogP contribution in [-0.2, 0) is 20.9 Å². The number of nitrogens with zero attached hydrogens (tertiary/aromatic N) is 1. The molecule has 0 aromatic heterocycles. The molecule has 2 aromatic rings. The lowest BCUT2D eigenvalue weighted by atomic mass is 9.95. The van der Waals surface area contributed by atoms with Gasteiger partial charge in [-0.15, -0.1) is 0 Å². The van der Waals surface area contributed by atoms with Crippen molar-refractivity contribution in [1.29, 1.82) is 0 Å². The maximum Gasteiger partial charge on any atom is 0.408 e. The Kier molecular flexibility index (Phi) is 12.3. The second kappa shape index (κ2) is 15.2. The van der Waals surface area contributed by atoms with E-state index < -0.39 is 23.8 Å². The zero-order valence-corrected chi connectivity index (χ0v) is 23.8. The van der Waals surface area contributed by atoms with Crippen LogP contribution in [0.15, 0.2) is 60.7 Å². The molecular weight excluding hydrogens is 478 g/mol. The van der Waals surface area contributed by atoms with Crippen molar-refractivity contribution < 1.29 is 19.1 Å². The number of carbonyl (C=O) groups is 3. The second-order valence-corrected chi connectivity index (χ2v) is 10.8. The molecule has 0 fully saturated rings. The summed E-state index contributed by atoms with van der Waals surface area (Å²) in [7, 11) is 0. The Labute approximate surface area is 228 Å². The minimum absolute atomic E-state index is 0.160. The molecule has 0 aliphatic carbocycles. The number of alkyl carbamates (subject to hydrolysis) is 1. The zero-order chi connectivity index (χ0) is 28.1. The molecule has 0 saturated carbocycles. The van der Waals surface area contributed by atoms with Gasteiger partial charge in [0.2, 0.25) is 11.8 Å². The summed E-state index contributed by atoms with van der Waals surface area (Å²) in [5.41, 5.74) is 1.00. The van der Waals surface area contributed by atoms with Crippen LogP contribution in [0.4, 0.5) is 4.79 Å². The standard InChI is InChI=1S/C31H45N3O4/c1-7-9-16-21-34(29(36)26(23(3)8-2)33-30(37)38-31(4,5)6)27(25-19-14-11-15-20-25)28(35)32-22-24-17-12-10-13-18-24/h10-15,17-20,23,26-27H,7-9,16,21-22H2,1-6H3,(H,32,35)(H,33,37). The highest BCUT2D eigenvalue weighted by atomic mass is 16.6. The summed E-state index contributed by atoms with van der Waals surface area (Å²) >= 11 is 0. The summed E-state index contributed by atoms with van der Waals surface area (Å²) in [4.78, 5) is 42.3. The largest absolute Gasteiger partial charge is 0.444 e. The minimum Gasteiger partial charge on any atom is -0.444 e. The average Bonchev–Trinajstić information content (AvgIpc) is 2.89. The minimum atomic E-state index is -0.837. The molecule has 0 aliphatic heterocycles. The van der Waals surface area contributed by atoms with Gasteiger partial charge in [0, 0.05) is 13.1 Å². The van der Waals surface area contributed by atoms with Crippen molar-refractivity contribution in [3.05, 3.63) is 71.8 Å². The van der Waals surface area contributed by atoms with Gasteiger partial charge in [0.05, 0.1) is 0 Å². The highest BCUT2D eigenvalue weighted by Gasteiger charge is 2.37. The van der Waals surface area contributed by atoms with Crippen molar-refractivity contribution in [1.82, 2.24) is 15.5 Å². The average molecular weight is 524 g/mol. The molecule has 3 atom stereocenters. The monoisotopic (exact) mass is 523 g/mol. The lowest BCUT2D eigenvalue weighted by molar-refractivity contribution is -0.143. The van der Waals surface area contributed by atoms with E-state index in [1.54, 1.807) is 25.7 Å². The van der Waals surface area contributed by atoms with Crippen LogP contribution in [0.25, 0.3) is 0 Å². The molecule has 208 valence electrons. The number of rotatable bonds is 13. The number of benzene rings is 2. The molecule has 0 aliphatic rings. The van der Waals surface area contributed by atoms with Gasteiger partial charge in [-0.3, -0.25) is 9.59 Å².